The van der Waals surface area contributed by atoms with Gasteiger partial charge in [0.15, 0.2) is 0 Å². The number of aromatic nitrogens is 2. The monoisotopic (exact) mass is 178 g/mol. The minimum Gasteiger partial charge on any atom is -0.263 e. The molecule has 0 radical (unpaired) electrons. The summed E-state index contributed by atoms with van der Waals surface area (Å²) >= 11 is 1.53. The molecule has 0 aliphatic rings. The summed E-state index contributed by atoms with van der Waals surface area (Å²) in [7, 11) is 0. The van der Waals surface area contributed by atoms with E-state index >= 15 is 0 Å². The summed E-state index contributed by atoms with van der Waals surface area (Å²) < 4.78 is 5.58. The van der Waals surface area contributed by atoms with Gasteiger partial charge in [0.25, 0.3) is 0 Å². The van der Waals surface area contributed by atoms with Crippen LogP contribution in [0.15, 0.2) is 18.5 Å². The molecule has 0 aliphatic heterocycles. The van der Waals surface area contributed by atoms with Gasteiger partial charge in [0.05, 0.1) is 10.4 Å². The Bertz CT molecular complexity index is 392. The molecule has 2 heterocycles. The molecule has 2 aromatic rings. The van der Waals surface area contributed by atoms with E-state index in [9.17, 15) is 0 Å². The van der Waals surface area contributed by atoms with Gasteiger partial charge in [-0.25, -0.2) is 0 Å². The van der Waals surface area contributed by atoms with Crippen LogP contribution in [0, 0.1) is 0 Å². The first-order valence-electron chi connectivity index (χ1n) is 3.98. The van der Waals surface area contributed by atoms with Crippen molar-refractivity contribution in [3.63, 3.8) is 0 Å². The van der Waals surface area contributed by atoms with Crippen molar-refractivity contribution in [2.45, 2.75) is 19.8 Å². The lowest BCUT2D eigenvalue weighted by molar-refractivity contribution is 0.849. The van der Waals surface area contributed by atoms with Gasteiger partial charge >= 0.3 is 0 Å². The second-order valence-electron chi connectivity index (χ2n) is 3.09. The normalized spacial score (nSPS) is 11.2. The van der Waals surface area contributed by atoms with Crippen molar-refractivity contribution >= 4 is 21.6 Å². The maximum absolute atomic E-state index is 4.40. The van der Waals surface area contributed by atoms with E-state index in [4.69, 9.17) is 0 Å². The Morgan fingerprint density at radius 1 is 1.42 bits per heavy atom. The van der Waals surface area contributed by atoms with Crippen LogP contribution >= 0.6 is 11.5 Å². The van der Waals surface area contributed by atoms with E-state index < -0.39 is 0 Å². The van der Waals surface area contributed by atoms with Gasteiger partial charge in [-0.1, -0.05) is 13.8 Å². The minimum absolute atomic E-state index is 0.501. The standard InChI is InChI=1S/C9H10N2S/c1-6(2)9-7-3-4-10-5-8(7)12-11-9/h3-6H,1-2H3. The fourth-order valence-corrected chi connectivity index (χ4v) is 2.11. The molecule has 0 atom stereocenters. The molecule has 0 aromatic carbocycles. The van der Waals surface area contributed by atoms with Gasteiger partial charge in [0.1, 0.15) is 0 Å². The van der Waals surface area contributed by atoms with Gasteiger partial charge < -0.3 is 0 Å². The van der Waals surface area contributed by atoms with E-state index in [1.807, 2.05) is 18.5 Å². The average Bonchev–Trinajstić information content (AvgIpc) is 2.47. The van der Waals surface area contributed by atoms with Crippen molar-refractivity contribution in [2.24, 2.45) is 0 Å². The van der Waals surface area contributed by atoms with Crippen molar-refractivity contribution in [1.29, 1.82) is 0 Å². The molecular weight excluding hydrogens is 168 g/mol. The zero-order valence-electron chi connectivity index (χ0n) is 7.11. The lowest BCUT2D eigenvalue weighted by Crippen LogP contribution is -1.86. The fraction of sp³-hybridized carbons (Fsp3) is 0.333. The summed E-state index contributed by atoms with van der Waals surface area (Å²) in [5.41, 5.74) is 1.19. The molecule has 62 valence electrons. The van der Waals surface area contributed by atoms with E-state index in [-0.39, 0.29) is 0 Å². The summed E-state index contributed by atoms with van der Waals surface area (Å²) in [5.74, 6) is 0.501. The minimum atomic E-state index is 0.501. The Morgan fingerprint density at radius 3 is 3.00 bits per heavy atom. The van der Waals surface area contributed by atoms with Crippen LogP contribution in [0.25, 0.3) is 10.1 Å². The van der Waals surface area contributed by atoms with E-state index in [1.165, 1.54) is 27.3 Å². The van der Waals surface area contributed by atoms with E-state index in [1.54, 1.807) is 0 Å². The van der Waals surface area contributed by atoms with E-state index in [0.29, 0.717) is 5.92 Å². The Balaban J connectivity index is 2.70. The van der Waals surface area contributed by atoms with Crippen LogP contribution < -0.4 is 0 Å². The van der Waals surface area contributed by atoms with Crippen molar-refractivity contribution < 1.29 is 0 Å². The molecule has 2 rings (SSSR count). The van der Waals surface area contributed by atoms with Crippen LogP contribution in [0.5, 0.6) is 0 Å². The number of hydrogen-bond acceptors (Lipinski definition) is 3. The number of hydrogen-bond donors (Lipinski definition) is 0. The largest absolute Gasteiger partial charge is 0.263 e. The van der Waals surface area contributed by atoms with Crippen LogP contribution in [0.1, 0.15) is 25.5 Å². The smallest absolute Gasteiger partial charge is 0.0736 e. The summed E-state index contributed by atoms with van der Waals surface area (Å²) in [6, 6.07) is 2.04. The summed E-state index contributed by atoms with van der Waals surface area (Å²) in [6.07, 6.45) is 3.70. The van der Waals surface area contributed by atoms with Gasteiger partial charge in [-0.15, -0.1) is 0 Å². The van der Waals surface area contributed by atoms with Crippen molar-refractivity contribution in [2.75, 3.05) is 0 Å². The first kappa shape index (κ1) is 7.68. The molecule has 0 spiro atoms. The predicted octanol–water partition coefficient (Wildman–Crippen LogP) is 2.81. The van der Waals surface area contributed by atoms with Crippen LogP contribution in [0.2, 0.25) is 0 Å². The maximum Gasteiger partial charge on any atom is 0.0736 e. The lowest BCUT2D eigenvalue weighted by Gasteiger charge is -1.98. The molecule has 2 nitrogen and oxygen atoms in total. The van der Waals surface area contributed by atoms with Crippen LogP contribution in [0.4, 0.5) is 0 Å². The van der Waals surface area contributed by atoms with Gasteiger partial charge in [-0.05, 0) is 23.5 Å². The highest BCUT2D eigenvalue weighted by Gasteiger charge is 2.08. The molecule has 0 saturated heterocycles. The average molecular weight is 178 g/mol. The molecule has 3 heteroatoms. The Hall–Kier alpha value is -0.960. The molecule has 0 unspecified atom stereocenters. The number of pyridine rings is 1. The molecular formula is C9H10N2S. The van der Waals surface area contributed by atoms with Gasteiger partial charge in [0, 0.05) is 17.8 Å². The van der Waals surface area contributed by atoms with Gasteiger partial charge in [0.2, 0.25) is 0 Å². The highest BCUT2D eigenvalue weighted by molar-refractivity contribution is 7.13. The van der Waals surface area contributed by atoms with E-state index in [2.05, 4.69) is 23.2 Å². The van der Waals surface area contributed by atoms with Crippen LogP contribution in [-0.4, -0.2) is 9.36 Å². The molecule has 0 fully saturated rings. The molecule has 0 aliphatic carbocycles. The highest BCUT2D eigenvalue weighted by Crippen LogP contribution is 2.26. The first-order chi connectivity index (χ1) is 5.79. The number of nitrogens with zero attached hydrogens (tertiary/aromatic N) is 2. The third-order valence-corrected chi connectivity index (χ3v) is 2.66. The summed E-state index contributed by atoms with van der Waals surface area (Å²) in [5, 5.41) is 1.25. The van der Waals surface area contributed by atoms with Crippen LogP contribution in [-0.2, 0) is 0 Å². The first-order valence-corrected chi connectivity index (χ1v) is 4.75. The van der Waals surface area contributed by atoms with E-state index in [0.717, 1.165) is 0 Å². The highest BCUT2D eigenvalue weighted by atomic mass is 32.1. The van der Waals surface area contributed by atoms with Gasteiger partial charge in [-0.3, -0.25) is 4.98 Å². The maximum atomic E-state index is 4.40. The fourth-order valence-electron chi connectivity index (χ4n) is 1.23. The second kappa shape index (κ2) is 2.83. The molecule has 2 aromatic heterocycles. The molecule has 0 amide bonds. The summed E-state index contributed by atoms with van der Waals surface area (Å²) in [4.78, 5) is 4.06. The third kappa shape index (κ3) is 1.10. The number of rotatable bonds is 1. The number of fused-ring (bicyclic) bond motifs is 1. The van der Waals surface area contributed by atoms with Crippen LogP contribution in [0.3, 0.4) is 0 Å². The molecule has 0 saturated carbocycles. The molecule has 12 heavy (non-hydrogen) atoms. The predicted molar refractivity (Wildman–Crippen MR) is 51.5 cm³/mol. The Kier molecular flexibility index (Phi) is 1.81. The van der Waals surface area contributed by atoms with Crippen molar-refractivity contribution in [3.05, 3.63) is 24.2 Å². The van der Waals surface area contributed by atoms with Crippen molar-refractivity contribution in [3.8, 4) is 0 Å². The second-order valence-corrected chi connectivity index (χ2v) is 3.90. The summed E-state index contributed by atoms with van der Waals surface area (Å²) in [6.45, 7) is 4.32. The third-order valence-electron chi connectivity index (χ3n) is 1.85. The van der Waals surface area contributed by atoms with Gasteiger partial charge in [-0.2, -0.15) is 4.37 Å². The lowest BCUT2D eigenvalue weighted by atomic mass is 10.1. The topological polar surface area (TPSA) is 25.8 Å². The molecule has 0 bridgehead atoms. The quantitative estimate of drug-likeness (QED) is 0.671. The molecule has 0 N–H and O–H groups in total. The zero-order chi connectivity index (χ0) is 8.55. The Morgan fingerprint density at radius 2 is 2.25 bits per heavy atom. The zero-order valence-corrected chi connectivity index (χ0v) is 7.93. The Labute approximate surface area is 75.4 Å². The SMILES string of the molecule is CC(C)c1nsc2cnccc12. The van der Waals surface area contributed by atoms with Crippen molar-refractivity contribution in [1.82, 2.24) is 9.36 Å².